The molecule has 2 fully saturated rings. The van der Waals surface area contributed by atoms with Crippen LogP contribution in [-0.4, -0.2) is 45.1 Å². The number of benzene rings is 1. The van der Waals surface area contributed by atoms with Crippen LogP contribution in [0.2, 0.25) is 0 Å². The van der Waals surface area contributed by atoms with Gasteiger partial charge in [0.2, 0.25) is 5.95 Å². The summed E-state index contributed by atoms with van der Waals surface area (Å²) in [5, 5.41) is 11.1. The first-order chi connectivity index (χ1) is 13.9. The Morgan fingerprint density at radius 2 is 1.97 bits per heavy atom. The highest BCUT2D eigenvalue weighted by Gasteiger charge is 2.39. The summed E-state index contributed by atoms with van der Waals surface area (Å²) in [6.45, 7) is 3.28. The average molecular weight is 420 g/mol. The van der Waals surface area contributed by atoms with Gasteiger partial charge in [0.05, 0.1) is 18.1 Å². The molecule has 2 heterocycles. The lowest BCUT2D eigenvalue weighted by atomic mass is 10.3. The van der Waals surface area contributed by atoms with E-state index in [2.05, 4.69) is 20.6 Å². The Bertz CT molecular complexity index is 824. The molecule has 1 aliphatic carbocycles. The molecule has 0 radical (unpaired) electrons. The van der Waals surface area contributed by atoms with Gasteiger partial charge in [-0.1, -0.05) is 0 Å². The first kappa shape index (κ1) is 21.2. The van der Waals surface area contributed by atoms with Crippen LogP contribution >= 0.6 is 0 Å². The quantitative estimate of drug-likeness (QED) is 0.678. The van der Waals surface area contributed by atoms with E-state index in [0.29, 0.717) is 24.1 Å². The van der Waals surface area contributed by atoms with Crippen LogP contribution in [0.25, 0.3) is 0 Å². The number of carbonyl (C=O) groups is 1. The van der Waals surface area contributed by atoms with E-state index in [9.17, 15) is 9.00 Å². The van der Waals surface area contributed by atoms with Gasteiger partial charge < -0.3 is 20.1 Å². The normalized spacial score (nSPS) is 20.0. The molecule has 2 unspecified atom stereocenters. The Morgan fingerprint density at radius 3 is 2.52 bits per heavy atom. The van der Waals surface area contributed by atoms with Gasteiger partial charge >= 0.3 is 6.09 Å². The van der Waals surface area contributed by atoms with Crippen LogP contribution in [0.3, 0.4) is 0 Å². The van der Waals surface area contributed by atoms with E-state index < -0.39 is 11.0 Å². The molecule has 2 atom stereocenters. The molecule has 1 saturated carbocycles. The maximum Gasteiger partial charge on any atom is 0.407 e. The Hall–Kier alpha value is -2.56. The Balaban J connectivity index is 0.000000169. The lowest BCUT2D eigenvalue weighted by molar-refractivity contribution is 0.0805. The number of ether oxygens (including phenoxy) is 2. The van der Waals surface area contributed by atoms with Crippen LogP contribution < -0.4 is 15.8 Å². The topological polar surface area (TPSA) is 128 Å². The predicted molar refractivity (Wildman–Crippen MR) is 109 cm³/mol. The lowest BCUT2D eigenvalue weighted by Gasteiger charge is -2.14. The number of rotatable bonds is 5. The second-order valence-electron chi connectivity index (χ2n) is 7.10. The number of alkyl carbamates (subject to hydrolysis) is 1. The second kappa shape index (κ2) is 9.77. The van der Waals surface area contributed by atoms with Crippen molar-refractivity contribution in [1.29, 1.82) is 0 Å². The molecule has 1 aliphatic heterocycles. The zero-order valence-electron chi connectivity index (χ0n) is 16.2. The molecule has 29 heavy (non-hydrogen) atoms. The first-order valence-electron chi connectivity index (χ1n) is 9.30. The Morgan fingerprint density at radius 1 is 1.28 bits per heavy atom. The summed E-state index contributed by atoms with van der Waals surface area (Å²) in [6, 6.07) is 8.68. The number of nitrogens with zero attached hydrogens (tertiary/aromatic N) is 2. The number of nitrogens with two attached hydrogens (primary N) is 1. The average Bonchev–Trinajstić information content (AvgIpc) is 3.20. The van der Waals surface area contributed by atoms with E-state index in [4.69, 9.17) is 14.6 Å². The van der Waals surface area contributed by atoms with Crippen LogP contribution in [0.4, 0.5) is 16.4 Å². The van der Waals surface area contributed by atoms with Gasteiger partial charge in [-0.2, -0.15) is 0 Å². The number of hydrogen-bond acceptors (Lipinski definition) is 7. The van der Waals surface area contributed by atoms with Crippen molar-refractivity contribution in [2.24, 2.45) is 5.14 Å². The number of nitrogens with one attached hydrogen (secondary N) is 2. The second-order valence-corrected chi connectivity index (χ2v) is 8.16. The van der Waals surface area contributed by atoms with Crippen molar-refractivity contribution in [1.82, 2.24) is 15.3 Å². The van der Waals surface area contributed by atoms with E-state index in [-0.39, 0.29) is 17.7 Å². The zero-order valence-corrected chi connectivity index (χ0v) is 17.0. The first-order valence-corrected chi connectivity index (χ1v) is 10.5. The van der Waals surface area contributed by atoms with Crippen molar-refractivity contribution in [3.63, 3.8) is 0 Å². The summed E-state index contributed by atoms with van der Waals surface area (Å²) < 4.78 is 21.2. The van der Waals surface area contributed by atoms with Crippen LogP contribution in [-0.2, 0) is 20.5 Å². The highest BCUT2D eigenvalue weighted by molar-refractivity contribution is 7.82. The minimum atomic E-state index is -1.44. The van der Waals surface area contributed by atoms with Gasteiger partial charge in [-0.05, 0) is 50.1 Å². The molecular formula is C19H25N5O4S. The highest BCUT2D eigenvalue weighted by atomic mass is 32.2. The van der Waals surface area contributed by atoms with Gasteiger partial charge in [0.25, 0.3) is 0 Å². The predicted octanol–water partition coefficient (Wildman–Crippen LogP) is 2.26. The summed E-state index contributed by atoms with van der Waals surface area (Å²) >= 11 is 0. The third kappa shape index (κ3) is 7.08. The fourth-order valence-corrected chi connectivity index (χ4v) is 2.92. The number of amides is 1. The molecule has 4 N–H and O–H groups in total. The molecule has 0 spiro atoms. The Labute approximate surface area is 172 Å². The molecule has 10 heteroatoms. The van der Waals surface area contributed by atoms with Crippen molar-refractivity contribution in [2.75, 3.05) is 18.5 Å². The van der Waals surface area contributed by atoms with Crippen molar-refractivity contribution in [3.8, 4) is 0 Å². The van der Waals surface area contributed by atoms with Gasteiger partial charge in [-0.3, -0.25) is 0 Å². The number of anilines is 2. The monoisotopic (exact) mass is 419 g/mol. The van der Waals surface area contributed by atoms with Gasteiger partial charge in [-0.25, -0.2) is 24.1 Å². The molecular weight excluding hydrogens is 394 g/mol. The molecule has 0 bridgehead atoms. The molecule has 156 valence electrons. The van der Waals surface area contributed by atoms with E-state index in [1.165, 1.54) is 0 Å². The summed E-state index contributed by atoms with van der Waals surface area (Å²) in [7, 11) is -1.44. The molecule has 2 aliphatic rings. The van der Waals surface area contributed by atoms with Gasteiger partial charge in [-0.15, -0.1) is 0 Å². The highest BCUT2D eigenvalue weighted by Crippen LogP contribution is 2.34. The van der Waals surface area contributed by atoms with E-state index in [1.54, 1.807) is 42.7 Å². The molecule has 1 aromatic carbocycles. The van der Waals surface area contributed by atoms with Crippen LogP contribution in [0.5, 0.6) is 0 Å². The van der Waals surface area contributed by atoms with Gasteiger partial charge in [0.1, 0.15) is 17.1 Å². The third-order valence-corrected chi connectivity index (χ3v) is 5.21. The molecule has 1 aromatic heterocycles. The summed E-state index contributed by atoms with van der Waals surface area (Å²) in [5.41, 5.74) is 0.830. The van der Waals surface area contributed by atoms with Gasteiger partial charge in [0.15, 0.2) is 0 Å². The van der Waals surface area contributed by atoms with Crippen LogP contribution in [0.15, 0.2) is 47.6 Å². The minimum absolute atomic E-state index is 0.0105. The summed E-state index contributed by atoms with van der Waals surface area (Å²) in [6.07, 6.45) is 5.91. The molecule has 2 aromatic rings. The van der Waals surface area contributed by atoms with E-state index in [1.807, 2.05) is 6.92 Å². The number of hydrogen-bond donors (Lipinski definition) is 3. The van der Waals surface area contributed by atoms with E-state index in [0.717, 1.165) is 24.9 Å². The van der Waals surface area contributed by atoms with E-state index >= 15 is 0 Å². The fraction of sp³-hybridized carbons (Fsp3) is 0.421. The van der Waals surface area contributed by atoms with Crippen LogP contribution in [0, 0.1) is 0 Å². The van der Waals surface area contributed by atoms with Crippen molar-refractivity contribution < 1.29 is 18.5 Å². The SMILES string of the molecule is CC1(NC(=O)OC2CCOC2)CC1.NS(=O)c1ccc(Nc2ncccn2)cc1. The lowest BCUT2D eigenvalue weighted by Crippen LogP contribution is -2.37. The van der Waals surface area contributed by atoms with Gasteiger partial charge in [0, 0.05) is 30.0 Å². The third-order valence-electron chi connectivity index (χ3n) is 4.47. The fourth-order valence-electron chi connectivity index (χ4n) is 2.51. The van der Waals surface area contributed by atoms with Crippen molar-refractivity contribution in [3.05, 3.63) is 42.7 Å². The standard InChI is InChI=1S/C10H10N4OS.C9H15NO3/c11-16(15)9-4-2-8(3-5-9)14-10-12-6-1-7-13-10;1-9(3-4-9)10-8(11)13-7-2-5-12-6-7/h1-7H,11H2,(H,12,13,14);7H,2-6H2,1H3,(H,10,11). The largest absolute Gasteiger partial charge is 0.444 e. The number of carbonyl (C=O) groups excluding carboxylic acids is 1. The number of aromatic nitrogens is 2. The zero-order chi connectivity index (χ0) is 20.7. The van der Waals surface area contributed by atoms with Crippen LogP contribution in [0.1, 0.15) is 26.2 Å². The summed E-state index contributed by atoms with van der Waals surface area (Å²) in [4.78, 5) is 19.9. The maximum atomic E-state index is 11.3. The van der Waals surface area contributed by atoms with Crippen molar-refractivity contribution in [2.45, 2.75) is 42.7 Å². The Kier molecular flexibility index (Phi) is 7.13. The molecule has 4 rings (SSSR count). The molecule has 9 nitrogen and oxygen atoms in total. The smallest absolute Gasteiger partial charge is 0.407 e. The minimum Gasteiger partial charge on any atom is -0.444 e. The molecule has 1 saturated heterocycles. The van der Waals surface area contributed by atoms with Crippen molar-refractivity contribution >= 4 is 28.7 Å². The molecule has 1 amide bonds. The summed E-state index contributed by atoms with van der Waals surface area (Å²) in [5.74, 6) is 0.518. The maximum absolute atomic E-state index is 11.3.